The second-order valence-electron chi connectivity index (χ2n) is 9.54. The fraction of sp³-hybridized carbons (Fsp3) is 0.519. The van der Waals surface area contributed by atoms with Crippen LogP contribution in [0.15, 0.2) is 42.5 Å². The molecular weight excluding hydrogens is 400 g/mol. The predicted molar refractivity (Wildman–Crippen MR) is 131 cm³/mol. The number of carbonyl (C=O) groups excluding carboxylic acids is 1. The van der Waals surface area contributed by atoms with Crippen LogP contribution < -0.4 is 10.5 Å². The largest absolute Gasteiger partial charge is 0.492 e. The quantitative estimate of drug-likeness (QED) is 0.502. The van der Waals surface area contributed by atoms with E-state index < -0.39 is 5.60 Å². The summed E-state index contributed by atoms with van der Waals surface area (Å²) in [6, 6.07) is 14.9. The molecule has 2 aromatic rings. The third-order valence-electron chi connectivity index (χ3n) is 5.03. The number of likely N-dealkylation sites (N-methyl/N-ethyl adjacent to an activating group) is 1. The van der Waals surface area contributed by atoms with E-state index in [1.807, 2.05) is 47.0 Å². The van der Waals surface area contributed by atoms with Crippen molar-refractivity contribution in [3.8, 4) is 5.75 Å². The number of hydrogen-bond acceptors (Lipinski definition) is 5. The molecule has 0 radical (unpaired) electrons. The van der Waals surface area contributed by atoms with E-state index in [9.17, 15) is 4.79 Å². The first-order chi connectivity index (χ1) is 15.2. The van der Waals surface area contributed by atoms with Gasteiger partial charge in [-0.3, -0.25) is 4.79 Å². The highest BCUT2D eigenvalue weighted by atomic mass is 16.6. The molecule has 0 aliphatic carbocycles. The zero-order chi connectivity index (χ0) is 23.6. The van der Waals surface area contributed by atoms with Crippen molar-refractivity contribution in [2.24, 2.45) is 5.73 Å². The number of rotatable bonds is 12. The molecule has 0 aliphatic heterocycles. The summed E-state index contributed by atoms with van der Waals surface area (Å²) in [5.74, 6) is 0.796. The number of para-hydroxylation sites is 1. The van der Waals surface area contributed by atoms with Crippen molar-refractivity contribution < 1.29 is 14.3 Å². The molecule has 0 atom stereocenters. The van der Waals surface area contributed by atoms with Crippen LogP contribution in [0.4, 0.5) is 0 Å². The van der Waals surface area contributed by atoms with Gasteiger partial charge in [-0.25, -0.2) is 0 Å². The van der Waals surface area contributed by atoms with E-state index in [1.54, 1.807) is 0 Å². The molecule has 2 rings (SSSR count). The molecule has 2 aromatic carbocycles. The van der Waals surface area contributed by atoms with Crippen LogP contribution in [-0.2, 0) is 35.2 Å². The second kappa shape index (κ2) is 12.6. The third kappa shape index (κ3) is 9.84. The normalized spacial score (nSPS) is 11.6. The minimum Gasteiger partial charge on any atom is -0.492 e. The van der Waals surface area contributed by atoms with Gasteiger partial charge in [0.2, 0.25) is 0 Å². The van der Waals surface area contributed by atoms with Gasteiger partial charge in [-0.2, -0.15) is 0 Å². The maximum absolute atomic E-state index is 12.1. The van der Waals surface area contributed by atoms with E-state index >= 15 is 0 Å². The number of ether oxygens (including phenoxy) is 2. The Kier molecular flexibility index (Phi) is 10.2. The molecular formula is C27H40N2O3. The van der Waals surface area contributed by atoms with Gasteiger partial charge in [-0.05, 0) is 95.4 Å². The van der Waals surface area contributed by atoms with E-state index in [-0.39, 0.29) is 5.97 Å². The smallest absolute Gasteiger partial charge is 0.306 e. The summed E-state index contributed by atoms with van der Waals surface area (Å²) in [5, 5.41) is 0. The lowest BCUT2D eigenvalue weighted by Crippen LogP contribution is -2.24. The summed E-state index contributed by atoms with van der Waals surface area (Å²) in [7, 11) is 4.09. The number of benzene rings is 2. The van der Waals surface area contributed by atoms with Crippen molar-refractivity contribution in [2.45, 2.75) is 58.5 Å². The number of nitrogens with zero attached hydrogens (tertiary/aromatic N) is 1. The molecule has 5 nitrogen and oxygen atoms in total. The average Bonchev–Trinajstić information content (AvgIpc) is 2.70. The minimum atomic E-state index is -0.453. The maximum atomic E-state index is 12.1. The molecule has 0 spiro atoms. The van der Waals surface area contributed by atoms with Crippen molar-refractivity contribution in [1.29, 1.82) is 0 Å². The lowest BCUT2D eigenvalue weighted by atomic mass is 9.96. The van der Waals surface area contributed by atoms with Gasteiger partial charge >= 0.3 is 5.97 Å². The van der Waals surface area contributed by atoms with Gasteiger partial charge in [0.1, 0.15) is 18.0 Å². The average molecular weight is 441 g/mol. The summed E-state index contributed by atoms with van der Waals surface area (Å²) >= 11 is 0. The third-order valence-corrected chi connectivity index (χ3v) is 5.03. The summed E-state index contributed by atoms with van der Waals surface area (Å²) in [5.41, 5.74) is 10.2. The molecule has 0 fully saturated rings. The van der Waals surface area contributed by atoms with Crippen LogP contribution in [0.1, 0.15) is 49.4 Å². The van der Waals surface area contributed by atoms with E-state index in [4.69, 9.17) is 15.2 Å². The van der Waals surface area contributed by atoms with Gasteiger partial charge in [0.15, 0.2) is 0 Å². The SMILES string of the molecule is CN(C)CCOc1ccccc1CCc1cc(CCN)cc(CCC(=O)OC(C)(C)C)c1. The molecule has 0 saturated carbocycles. The number of carbonyl (C=O) groups is 1. The molecule has 32 heavy (non-hydrogen) atoms. The summed E-state index contributed by atoms with van der Waals surface area (Å²) in [4.78, 5) is 14.3. The zero-order valence-corrected chi connectivity index (χ0v) is 20.4. The lowest BCUT2D eigenvalue weighted by Gasteiger charge is -2.19. The van der Waals surface area contributed by atoms with Crippen molar-refractivity contribution >= 4 is 5.97 Å². The highest BCUT2D eigenvalue weighted by Gasteiger charge is 2.16. The molecule has 5 heteroatoms. The molecule has 0 amide bonds. The van der Waals surface area contributed by atoms with Gasteiger partial charge < -0.3 is 20.1 Å². The molecule has 0 saturated heterocycles. The van der Waals surface area contributed by atoms with Crippen molar-refractivity contribution in [3.63, 3.8) is 0 Å². The Morgan fingerprint density at radius 3 is 2.19 bits per heavy atom. The lowest BCUT2D eigenvalue weighted by molar-refractivity contribution is -0.154. The predicted octanol–water partition coefficient (Wildman–Crippen LogP) is 4.19. The van der Waals surface area contributed by atoms with Crippen molar-refractivity contribution in [1.82, 2.24) is 4.90 Å². The highest BCUT2D eigenvalue weighted by Crippen LogP contribution is 2.22. The molecule has 176 valence electrons. The summed E-state index contributed by atoms with van der Waals surface area (Å²) in [6.07, 6.45) is 3.69. The van der Waals surface area contributed by atoms with Crippen LogP contribution in [-0.4, -0.2) is 50.3 Å². The number of hydrogen-bond donors (Lipinski definition) is 1. The highest BCUT2D eigenvalue weighted by molar-refractivity contribution is 5.70. The molecule has 0 heterocycles. The molecule has 0 unspecified atom stereocenters. The van der Waals surface area contributed by atoms with Crippen LogP contribution in [0.3, 0.4) is 0 Å². The van der Waals surface area contributed by atoms with Gasteiger partial charge in [-0.1, -0.05) is 36.4 Å². The van der Waals surface area contributed by atoms with Gasteiger partial charge in [-0.15, -0.1) is 0 Å². The zero-order valence-electron chi connectivity index (χ0n) is 20.4. The first-order valence-corrected chi connectivity index (χ1v) is 11.6. The minimum absolute atomic E-state index is 0.160. The van der Waals surface area contributed by atoms with Crippen LogP contribution in [0.2, 0.25) is 0 Å². The molecule has 0 aromatic heterocycles. The molecule has 0 aliphatic rings. The Hall–Kier alpha value is -2.37. The Morgan fingerprint density at radius 1 is 0.938 bits per heavy atom. The van der Waals surface area contributed by atoms with Crippen LogP contribution in [0.25, 0.3) is 0 Å². The topological polar surface area (TPSA) is 64.8 Å². The summed E-state index contributed by atoms with van der Waals surface area (Å²) in [6.45, 7) is 7.85. The van der Waals surface area contributed by atoms with Gasteiger partial charge in [0.05, 0.1) is 0 Å². The summed E-state index contributed by atoms with van der Waals surface area (Å²) < 4.78 is 11.5. The van der Waals surface area contributed by atoms with Gasteiger partial charge in [0, 0.05) is 13.0 Å². The Balaban J connectivity index is 2.06. The Morgan fingerprint density at radius 2 is 1.56 bits per heavy atom. The number of esters is 1. The van der Waals surface area contributed by atoms with E-state index in [2.05, 4.69) is 35.2 Å². The second-order valence-corrected chi connectivity index (χ2v) is 9.54. The fourth-order valence-electron chi connectivity index (χ4n) is 3.55. The Bertz CT molecular complexity index is 856. The maximum Gasteiger partial charge on any atom is 0.306 e. The van der Waals surface area contributed by atoms with Crippen LogP contribution in [0.5, 0.6) is 5.75 Å². The van der Waals surface area contributed by atoms with Crippen molar-refractivity contribution in [3.05, 3.63) is 64.7 Å². The van der Waals surface area contributed by atoms with Gasteiger partial charge in [0.25, 0.3) is 0 Å². The van der Waals surface area contributed by atoms with E-state index in [0.717, 1.165) is 37.1 Å². The Labute approximate surface area is 193 Å². The number of aryl methyl sites for hydroxylation is 3. The first kappa shape index (κ1) is 25.9. The van der Waals surface area contributed by atoms with E-state index in [0.29, 0.717) is 26.0 Å². The monoisotopic (exact) mass is 440 g/mol. The molecule has 2 N–H and O–H groups in total. The van der Waals surface area contributed by atoms with Crippen LogP contribution >= 0.6 is 0 Å². The van der Waals surface area contributed by atoms with Crippen LogP contribution in [0, 0.1) is 0 Å². The standard InChI is InChI=1S/C27H40N2O3/c1-27(2,3)32-26(30)13-11-22-18-21(19-23(20-22)14-15-28)10-12-24-8-6-7-9-25(24)31-17-16-29(4)5/h6-9,18-20H,10-17,28H2,1-5H3. The fourth-order valence-corrected chi connectivity index (χ4v) is 3.55. The van der Waals surface area contributed by atoms with Crippen molar-refractivity contribution in [2.75, 3.05) is 33.8 Å². The molecule has 0 bridgehead atoms. The van der Waals surface area contributed by atoms with E-state index in [1.165, 1.54) is 16.7 Å². The number of nitrogens with two attached hydrogens (primary N) is 1. The first-order valence-electron chi connectivity index (χ1n) is 11.6.